The minimum atomic E-state index is -1.22. The van der Waals surface area contributed by atoms with Gasteiger partial charge in [0.25, 0.3) is 0 Å². The van der Waals surface area contributed by atoms with E-state index in [1.807, 2.05) is 0 Å². The van der Waals surface area contributed by atoms with E-state index >= 15 is 0 Å². The van der Waals surface area contributed by atoms with E-state index in [1.54, 1.807) is 0 Å². The molecule has 0 N–H and O–H groups in total. The molecule has 0 aliphatic carbocycles. The summed E-state index contributed by atoms with van der Waals surface area (Å²) in [6.45, 7) is 0. The Balaban J connectivity index is 0.000000138. The molecule has 0 aliphatic rings. The molecule has 4 heteroatoms. The quantitative estimate of drug-likeness (QED) is 0.107. The molecule has 0 bridgehead atoms. The van der Waals surface area contributed by atoms with Gasteiger partial charge in [-0.3, -0.25) is 0 Å². The number of benzene rings is 12. The second kappa shape index (κ2) is 25.6. The minimum Gasteiger partial charge on any atom is -0.195 e. The predicted octanol–water partition coefficient (Wildman–Crippen LogP) is 9.19. The van der Waals surface area contributed by atoms with Gasteiger partial charge in [0.15, 0.2) is 0 Å². The molecular weight excluding hydrogens is 1000 g/mol. The Kier molecular flexibility index (Phi) is 17.6. The molecule has 0 aliphatic heterocycles. The van der Waals surface area contributed by atoms with Crippen LogP contribution in [0.3, 0.4) is 0 Å². The number of hydrogen-bond acceptors (Lipinski definition) is 0. The summed E-state index contributed by atoms with van der Waals surface area (Å²) >= 11 is 0. The predicted molar refractivity (Wildman–Crippen MR) is 330 cm³/mol. The molecule has 0 nitrogen and oxygen atoms in total. The van der Waals surface area contributed by atoms with Gasteiger partial charge in [0.05, 0.1) is 0 Å². The van der Waals surface area contributed by atoms with Crippen LogP contribution in [0.5, 0.6) is 0 Å². The molecule has 0 aromatic heterocycles. The number of rotatable bonds is 12. The van der Waals surface area contributed by atoms with Crippen molar-refractivity contribution in [2.45, 2.75) is 0 Å². The summed E-state index contributed by atoms with van der Waals surface area (Å²) in [5.74, 6) is 0. The second-order valence-corrected chi connectivity index (χ2v) is 19.5. The smallest absolute Gasteiger partial charge is 0.195 e. The van der Waals surface area contributed by atoms with Gasteiger partial charge in [-0.05, 0) is 0 Å². The van der Waals surface area contributed by atoms with Gasteiger partial charge in [0.2, 0.25) is 0 Å². The standard InChI is InChI=1S/3C24H20B.Rh/c3*1-5-13-21(14-6-1)25(22-15-7-2-8-16-22,23-17-9-3-10-18-23)24-19-11-4-12-20-24;/h3*1-20H;/q3*-1;+3. The minimum absolute atomic E-state index is 0. The van der Waals surface area contributed by atoms with Gasteiger partial charge in [-0.1, -0.05) is 364 Å². The van der Waals surface area contributed by atoms with Crippen LogP contribution < -0.4 is 65.6 Å². The van der Waals surface area contributed by atoms with Crippen molar-refractivity contribution in [1.29, 1.82) is 0 Å². The third-order valence-corrected chi connectivity index (χ3v) is 15.6. The van der Waals surface area contributed by atoms with Crippen LogP contribution in [0.25, 0.3) is 0 Å². The molecule has 0 amide bonds. The fourth-order valence-corrected chi connectivity index (χ4v) is 12.4. The van der Waals surface area contributed by atoms with Crippen molar-refractivity contribution in [3.63, 3.8) is 0 Å². The molecule has 76 heavy (non-hydrogen) atoms. The van der Waals surface area contributed by atoms with Crippen LogP contribution >= 0.6 is 0 Å². The maximum Gasteiger partial charge on any atom is 3.00 e. The molecule has 12 aromatic carbocycles. The first-order valence-electron chi connectivity index (χ1n) is 26.4. The third kappa shape index (κ3) is 10.7. The van der Waals surface area contributed by atoms with Gasteiger partial charge in [-0.15, -0.1) is 0 Å². The van der Waals surface area contributed by atoms with Crippen molar-refractivity contribution in [2.75, 3.05) is 0 Å². The summed E-state index contributed by atoms with van der Waals surface area (Å²) in [4.78, 5) is 0. The van der Waals surface area contributed by atoms with Gasteiger partial charge in [-0.25, -0.2) is 0 Å². The Morgan fingerprint density at radius 1 is 0.105 bits per heavy atom. The van der Waals surface area contributed by atoms with Crippen molar-refractivity contribution < 1.29 is 19.5 Å². The zero-order valence-corrected chi connectivity index (χ0v) is 44.3. The maximum absolute atomic E-state index is 2.26. The molecule has 0 fully saturated rings. The van der Waals surface area contributed by atoms with E-state index < -0.39 is 18.4 Å². The molecule has 12 aromatic rings. The summed E-state index contributed by atoms with van der Waals surface area (Å²) in [6, 6.07) is 131. The van der Waals surface area contributed by atoms with Crippen LogP contribution in [-0.4, -0.2) is 18.4 Å². The normalized spacial score (nSPS) is 11.1. The van der Waals surface area contributed by atoms with Crippen molar-refractivity contribution in [1.82, 2.24) is 0 Å². The first-order valence-corrected chi connectivity index (χ1v) is 26.4. The Bertz CT molecular complexity index is 2650. The molecule has 366 valence electrons. The molecule has 0 atom stereocenters. The molecule has 0 saturated heterocycles. The average molecular weight is 1060 g/mol. The summed E-state index contributed by atoms with van der Waals surface area (Å²) in [7, 11) is 0. The zero-order chi connectivity index (χ0) is 50.9. The van der Waals surface area contributed by atoms with Crippen molar-refractivity contribution >= 4 is 84.0 Å². The second-order valence-electron chi connectivity index (χ2n) is 19.5. The van der Waals surface area contributed by atoms with Crippen LogP contribution in [0.15, 0.2) is 364 Å². The van der Waals surface area contributed by atoms with E-state index in [0.717, 1.165) is 0 Å². The molecule has 0 heterocycles. The third-order valence-electron chi connectivity index (χ3n) is 15.6. The van der Waals surface area contributed by atoms with Crippen LogP contribution in [0.2, 0.25) is 0 Å². The molecule has 0 unspecified atom stereocenters. The van der Waals surface area contributed by atoms with Gasteiger partial charge in [-0.2, -0.15) is 65.6 Å². The Labute approximate surface area is 464 Å². The Hall–Kier alpha value is -8.54. The monoisotopic (exact) mass is 1060 g/mol. The van der Waals surface area contributed by atoms with E-state index in [-0.39, 0.29) is 19.5 Å². The Morgan fingerprint density at radius 3 is 0.237 bits per heavy atom. The van der Waals surface area contributed by atoms with Gasteiger partial charge in [0.1, 0.15) is 18.4 Å². The Morgan fingerprint density at radius 2 is 0.171 bits per heavy atom. The summed E-state index contributed by atoms with van der Waals surface area (Å²) < 4.78 is 0. The molecule has 0 saturated carbocycles. The first-order chi connectivity index (χ1) is 37.3. The fourth-order valence-electron chi connectivity index (χ4n) is 12.4. The first kappa shape index (κ1) is 52.3. The van der Waals surface area contributed by atoms with Crippen molar-refractivity contribution in [2.24, 2.45) is 0 Å². The van der Waals surface area contributed by atoms with Crippen LogP contribution in [-0.2, 0) is 19.5 Å². The van der Waals surface area contributed by atoms with E-state index in [4.69, 9.17) is 0 Å². The van der Waals surface area contributed by atoms with E-state index in [9.17, 15) is 0 Å². The average Bonchev–Trinajstić information content (AvgIpc) is 3.54. The summed E-state index contributed by atoms with van der Waals surface area (Å²) in [5, 5.41) is 0. The maximum atomic E-state index is 2.26. The summed E-state index contributed by atoms with van der Waals surface area (Å²) in [6.07, 6.45) is -3.65. The van der Waals surface area contributed by atoms with Gasteiger partial charge in [0, 0.05) is 0 Å². The molecule has 0 radical (unpaired) electrons. The topological polar surface area (TPSA) is 0 Å². The zero-order valence-electron chi connectivity index (χ0n) is 42.7. The summed E-state index contributed by atoms with van der Waals surface area (Å²) in [5.41, 5.74) is 16.1. The molecule has 12 rings (SSSR count). The van der Waals surface area contributed by atoms with Crippen LogP contribution in [0.4, 0.5) is 0 Å². The molecule has 0 spiro atoms. The van der Waals surface area contributed by atoms with Gasteiger partial charge >= 0.3 is 19.5 Å². The van der Waals surface area contributed by atoms with E-state index in [1.165, 1.54) is 65.6 Å². The largest absolute Gasteiger partial charge is 3.00 e. The van der Waals surface area contributed by atoms with Crippen LogP contribution in [0.1, 0.15) is 0 Å². The van der Waals surface area contributed by atoms with Crippen molar-refractivity contribution in [3.05, 3.63) is 364 Å². The van der Waals surface area contributed by atoms with E-state index in [0.29, 0.717) is 0 Å². The fraction of sp³-hybridized carbons (Fsp3) is 0. The van der Waals surface area contributed by atoms with Gasteiger partial charge < -0.3 is 0 Å². The number of hydrogen-bond donors (Lipinski definition) is 0. The van der Waals surface area contributed by atoms with E-state index in [2.05, 4.69) is 364 Å². The van der Waals surface area contributed by atoms with Crippen LogP contribution in [0, 0.1) is 0 Å². The SMILES string of the molecule is [Rh+3].c1ccc([B-](c2ccccc2)(c2ccccc2)c2ccccc2)cc1.c1ccc([B-](c2ccccc2)(c2ccccc2)c2ccccc2)cc1.c1ccc([B-](c2ccccc2)(c2ccccc2)c2ccccc2)cc1. The van der Waals surface area contributed by atoms with Crippen molar-refractivity contribution in [3.8, 4) is 0 Å². The molecular formula is C72H60B3Rh.